The van der Waals surface area contributed by atoms with Crippen molar-refractivity contribution >= 4 is 11.5 Å². The number of aromatic nitrogens is 1. The summed E-state index contributed by atoms with van der Waals surface area (Å²) in [6.45, 7) is 0. The summed E-state index contributed by atoms with van der Waals surface area (Å²) in [5, 5.41) is 0. The molecule has 98 valence electrons. The van der Waals surface area contributed by atoms with Gasteiger partial charge in [-0.3, -0.25) is 0 Å². The van der Waals surface area contributed by atoms with E-state index in [4.69, 9.17) is 5.73 Å². The van der Waals surface area contributed by atoms with Crippen LogP contribution in [0.1, 0.15) is 5.56 Å². The highest BCUT2D eigenvalue weighted by molar-refractivity contribution is 5.99. The molecule has 0 spiro atoms. The summed E-state index contributed by atoms with van der Waals surface area (Å²) in [6, 6.07) is 21.8. The molecule has 3 aromatic rings. The average molecular weight is 261 g/mol. The Morgan fingerprint density at radius 1 is 0.850 bits per heavy atom. The molecule has 0 aliphatic rings. The van der Waals surface area contributed by atoms with Crippen LogP contribution >= 0.6 is 0 Å². The Labute approximate surface area is 117 Å². The van der Waals surface area contributed by atoms with Crippen molar-refractivity contribution in [2.24, 2.45) is 10.7 Å². The van der Waals surface area contributed by atoms with Gasteiger partial charge in [0.05, 0.1) is 5.69 Å². The summed E-state index contributed by atoms with van der Waals surface area (Å²) in [5.74, 6) is 0.526. The van der Waals surface area contributed by atoms with Crippen molar-refractivity contribution in [1.82, 2.24) is 4.98 Å². The Balaban J connectivity index is 1.85. The SMILES string of the molecule is NC(=Nc1ccc(-c2ccc[nH]2)cc1)c1ccccc1. The van der Waals surface area contributed by atoms with Gasteiger partial charge >= 0.3 is 0 Å². The predicted molar refractivity (Wildman–Crippen MR) is 83.1 cm³/mol. The van der Waals surface area contributed by atoms with Crippen LogP contribution in [-0.2, 0) is 0 Å². The van der Waals surface area contributed by atoms with E-state index in [-0.39, 0.29) is 0 Å². The van der Waals surface area contributed by atoms with Crippen LogP contribution in [0.25, 0.3) is 11.3 Å². The van der Waals surface area contributed by atoms with E-state index >= 15 is 0 Å². The zero-order valence-electron chi connectivity index (χ0n) is 11.0. The number of benzene rings is 2. The Kier molecular flexibility index (Phi) is 3.33. The first-order chi connectivity index (χ1) is 9.83. The minimum absolute atomic E-state index is 0.526. The summed E-state index contributed by atoms with van der Waals surface area (Å²) >= 11 is 0. The Bertz CT molecular complexity index is 696. The number of amidine groups is 1. The summed E-state index contributed by atoms with van der Waals surface area (Å²) in [5.41, 5.74) is 10.0. The van der Waals surface area contributed by atoms with Crippen molar-refractivity contribution in [3.63, 3.8) is 0 Å². The largest absolute Gasteiger partial charge is 0.383 e. The molecule has 0 saturated heterocycles. The molecule has 3 heteroatoms. The number of aliphatic imine (C=N–C) groups is 1. The standard InChI is InChI=1S/C17H15N3/c18-17(14-5-2-1-3-6-14)20-15-10-8-13(9-11-15)16-7-4-12-19-16/h1-12,19H,(H2,18,20). The monoisotopic (exact) mass is 261 g/mol. The second-order valence-electron chi connectivity index (χ2n) is 4.49. The molecule has 1 aromatic heterocycles. The number of hydrogen-bond acceptors (Lipinski definition) is 1. The Morgan fingerprint density at radius 2 is 1.60 bits per heavy atom. The molecule has 0 aliphatic carbocycles. The maximum atomic E-state index is 6.00. The molecule has 0 fully saturated rings. The third kappa shape index (κ3) is 2.62. The van der Waals surface area contributed by atoms with E-state index in [2.05, 4.69) is 9.98 Å². The van der Waals surface area contributed by atoms with Crippen molar-refractivity contribution in [3.8, 4) is 11.3 Å². The van der Waals surface area contributed by atoms with Crippen molar-refractivity contribution in [2.75, 3.05) is 0 Å². The third-order valence-corrected chi connectivity index (χ3v) is 3.10. The molecule has 0 atom stereocenters. The second kappa shape index (κ2) is 5.45. The van der Waals surface area contributed by atoms with Crippen molar-refractivity contribution in [1.29, 1.82) is 0 Å². The van der Waals surface area contributed by atoms with E-state index in [1.54, 1.807) is 0 Å². The highest BCUT2D eigenvalue weighted by Crippen LogP contribution is 2.21. The van der Waals surface area contributed by atoms with Crippen molar-refractivity contribution in [2.45, 2.75) is 0 Å². The molecule has 20 heavy (non-hydrogen) atoms. The Hall–Kier alpha value is -2.81. The van der Waals surface area contributed by atoms with Crippen LogP contribution in [0.3, 0.4) is 0 Å². The van der Waals surface area contributed by atoms with Crippen LogP contribution in [0.2, 0.25) is 0 Å². The van der Waals surface area contributed by atoms with Crippen molar-refractivity contribution < 1.29 is 0 Å². The molecule has 3 nitrogen and oxygen atoms in total. The molecule has 0 unspecified atom stereocenters. The summed E-state index contributed by atoms with van der Waals surface area (Å²) < 4.78 is 0. The van der Waals surface area contributed by atoms with Crippen LogP contribution < -0.4 is 5.73 Å². The topological polar surface area (TPSA) is 54.2 Å². The number of hydrogen-bond donors (Lipinski definition) is 2. The van der Waals surface area contributed by atoms with Crippen molar-refractivity contribution in [3.05, 3.63) is 78.5 Å². The molecule has 0 amide bonds. The minimum Gasteiger partial charge on any atom is -0.383 e. The van der Waals surface area contributed by atoms with Gasteiger partial charge in [-0.05, 0) is 29.8 Å². The Morgan fingerprint density at radius 3 is 2.25 bits per heavy atom. The van der Waals surface area contributed by atoms with Crippen LogP contribution in [0, 0.1) is 0 Å². The summed E-state index contributed by atoms with van der Waals surface area (Å²) in [4.78, 5) is 7.61. The van der Waals surface area contributed by atoms with Gasteiger partial charge in [0.25, 0.3) is 0 Å². The molecule has 0 saturated carbocycles. The summed E-state index contributed by atoms with van der Waals surface area (Å²) in [6.07, 6.45) is 1.91. The molecular weight excluding hydrogens is 246 g/mol. The average Bonchev–Trinajstić information content (AvgIpc) is 3.03. The second-order valence-corrected chi connectivity index (χ2v) is 4.49. The first kappa shape index (κ1) is 12.2. The number of rotatable bonds is 3. The van der Waals surface area contributed by atoms with E-state index in [1.165, 1.54) is 0 Å². The normalized spacial score (nSPS) is 11.5. The van der Waals surface area contributed by atoms with Crippen LogP contribution in [0.5, 0.6) is 0 Å². The van der Waals surface area contributed by atoms with E-state index in [0.717, 1.165) is 22.5 Å². The number of H-pyrrole nitrogens is 1. The highest BCUT2D eigenvalue weighted by Gasteiger charge is 2.00. The fraction of sp³-hybridized carbons (Fsp3) is 0. The number of nitrogens with two attached hydrogens (primary N) is 1. The number of aromatic amines is 1. The molecule has 0 bridgehead atoms. The van der Waals surface area contributed by atoms with E-state index in [9.17, 15) is 0 Å². The van der Waals surface area contributed by atoms with E-state index < -0.39 is 0 Å². The van der Waals surface area contributed by atoms with Gasteiger partial charge in [0.2, 0.25) is 0 Å². The van der Waals surface area contributed by atoms with Gasteiger partial charge in [0, 0.05) is 17.5 Å². The van der Waals surface area contributed by atoms with Crippen LogP contribution in [-0.4, -0.2) is 10.8 Å². The van der Waals surface area contributed by atoms with Gasteiger partial charge in [0.1, 0.15) is 5.84 Å². The molecule has 1 heterocycles. The van der Waals surface area contributed by atoms with E-state index in [0.29, 0.717) is 5.84 Å². The van der Waals surface area contributed by atoms with Crippen LogP contribution in [0.15, 0.2) is 77.9 Å². The first-order valence-electron chi connectivity index (χ1n) is 6.46. The third-order valence-electron chi connectivity index (χ3n) is 3.10. The lowest BCUT2D eigenvalue weighted by atomic mass is 10.1. The first-order valence-corrected chi connectivity index (χ1v) is 6.46. The predicted octanol–water partition coefficient (Wildman–Crippen LogP) is 3.72. The van der Waals surface area contributed by atoms with E-state index in [1.807, 2.05) is 72.9 Å². The molecule has 3 rings (SSSR count). The lowest BCUT2D eigenvalue weighted by Crippen LogP contribution is -2.12. The zero-order valence-corrected chi connectivity index (χ0v) is 11.0. The number of nitrogens with zero attached hydrogens (tertiary/aromatic N) is 1. The van der Waals surface area contributed by atoms with Gasteiger partial charge in [0.15, 0.2) is 0 Å². The number of nitrogens with one attached hydrogen (secondary N) is 1. The molecular formula is C17H15N3. The maximum Gasteiger partial charge on any atom is 0.131 e. The quantitative estimate of drug-likeness (QED) is 0.548. The van der Waals surface area contributed by atoms with Gasteiger partial charge in [-0.15, -0.1) is 0 Å². The van der Waals surface area contributed by atoms with Gasteiger partial charge in [-0.2, -0.15) is 0 Å². The van der Waals surface area contributed by atoms with Crippen LogP contribution in [0.4, 0.5) is 5.69 Å². The zero-order chi connectivity index (χ0) is 13.8. The molecule has 0 radical (unpaired) electrons. The fourth-order valence-electron chi connectivity index (χ4n) is 2.04. The lowest BCUT2D eigenvalue weighted by Gasteiger charge is -2.02. The lowest BCUT2D eigenvalue weighted by molar-refractivity contribution is 1.39. The van der Waals surface area contributed by atoms with Gasteiger partial charge in [-0.25, -0.2) is 4.99 Å². The highest BCUT2D eigenvalue weighted by atomic mass is 14.9. The smallest absolute Gasteiger partial charge is 0.131 e. The molecule has 2 aromatic carbocycles. The maximum absolute atomic E-state index is 6.00. The van der Waals surface area contributed by atoms with Gasteiger partial charge in [-0.1, -0.05) is 42.5 Å². The van der Waals surface area contributed by atoms with Gasteiger partial charge < -0.3 is 10.7 Å². The summed E-state index contributed by atoms with van der Waals surface area (Å²) in [7, 11) is 0. The molecule has 0 aliphatic heterocycles. The molecule has 3 N–H and O–H groups in total. The fourth-order valence-corrected chi connectivity index (χ4v) is 2.04. The minimum atomic E-state index is 0.526.